The van der Waals surface area contributed by atoms with Gasteiger partial charge in [-0.05, 0) is 14.0 Å². The average molecular weight is 207 g/mol. The highest BCUT2D eigenvalue weighted by Gasteiger charge is 2.08. The van der Waals surface area contributed by atoms with Gasteiger partial charge >= 0.3 is 0 Å². The van der Waals surface area contributed by atoms with E-state index in [2.05, 4.69) is 6.07 Å². The summed E-state index contributed by atoms with van der Waals surface area (Å²) in [5, 5.41) is 9.01. The van der Waals surface area contributed by atoms with E-state index in [0.717, 1.165) is 0 Å². The molecule has 0 aliphatic carbocycles. The van der Waals surface area contributed by atoms with E-state index in [0.29, 0.717) is 18.0 Å². The third-order valence-corrected chi connectivity index (χ3v) is 2.26. The second-order valence-electron chi connectivity index (χ2n) is 2.68. The van der Waals surface area contributed by atoms with Gasteiger partial charge < -0.3 is 0 Å². The number of likely N-dealkylation sites (N-methyl/N-ethyl adjacent to an activating group) is 1. The van der Waals surface area contributed by atoms with Crippen LogP contribution in [0.4, 0.5) is 0 Å². The molecular formula is C8H12Cl2N2. The predicted octanol–water partition coefficient (Wildman–Crippen LogP) is 2.54. The summed E-state index contributed by atoms with van der Waals surface area (Å²) in [4.78, 5) is 1.98. The molecule has 0 spiro atoms. The molecule has 0 radical (unpaired) electrons. The Kier molecular flexibility index (Phi) is 6.18. The van der Waals surface area contributed by atoms with Gasteiger partial charge in [-0.25, -0.2) is 0 Å². The van der Waals surface area contributed by atoms with Crippen molar-refractivity contribution in [3.05, 3.63) is 10.6 Å². The summed E-state index contributed by atoms with van der Waals surface area (Å²) < 4.78 is 0. The fourth-order valence-corrected chi connectivity index (χ4v) is 0.974. The van der Waals surface area contributed by atoms with Crippen LogP contribution in [0.25, 0.3) is 0 Å². The summed E-state index contributed by atoms with van der Waals surface area (Å²) in [7, 11) is 1.91. The van der Waals surface area contributed by atoms with Crippen molar-refractivity contribution in [2.75, 3.05) is 13.6 Å². The molecule has 0 bridgehead atoms. The number of hydrogen-bond acceptors (Lipinski definition) is 2. The first-order valence-corrected chi connectivity index (χ1v) is 4.45. The van der Waals surface area contributed by atoms with Crippen LogP contribution >= 0.6 is 23.2 Å². The predicted molar refractivity (Wildman–Crippen MR) is 52.1 cm³/mol. The largest absolute Gasteiger partial charge is 0.297 e. The van der Waals surface area contributed by atoms with E-state index in [9.17, 15) is 0 Å². The van der Waals surface area contributed by atoms with Crippen LogP contribution in [0.2, 0.25) is 0 Å². The number of nitrogens with zero attached hydrogens (tertiary/aromatic N) is 2. The fourth-order valence-electron chi connectivity index (χ4n) is 0.717. The fraction of sp³-hybridized carbons (Fsp3) is 0.625. The minimum Gasteiger partial charge on any atom is -0.297 e. The van der Waals surface area contributed by atoms with E-state index in [-0.39, 0.29) is 6.04 Å². The summed E-state index contributed by atoms with van der Waals surface area (Å²) in [5.74, 6) is 0. The first-order valence-electron chi connectivity index (χ1n) is 3.63. The van der Waals surface area contributed by atoms with Crippen LogP contribution in [0.3, 0.4) is 0 Å². The first kappa shape index (κ1) is 11.8. The van der Waals surface area contributed by atoms with Crippen molar-refractivity contribution in [3.63, 3.8) is 0 Å². The molecule has 0 aromatic heterocycles. The van der Waals surface area contributed by atoms with Gasteiger partial charge in [-0.15, -0.1) is 0 Å². The molecule has 12 heavy (non-hydrogen) atoms. The second kappa shape index (κ2) is 6.30. The molecule has 1 unspecified atom stereocenters. The molecule has 0 aromatic carbocycles. The van der Waals surface area contributed by atoms with Crippen LogP contribution in [0.1, 0.15) is 13.3 Å². The highest BCUT2D eigenvalue weighted by Crippen LogP contribution is 2.08. The van der Waals surface area contributed by atoms with Crippen LogP contribution in [0, 0.1) is 11.3 Å². The maximum atomic E-state index is 8.43. The molecule has 0 saturated carbocycles. The van der Waals surface area contributed by atoms with E-state index in [1.165, 1.54) is 5.54 Å². The molecule has 0 aliphatic heterocycles. The van der Waals surface area contributed by atoms with Gasteiger partial charge in [0.05, 0.1) is 12.5 Å². The van der Waals surface area contributed by atoms with Gasteiger partial charge in [0, 0.05) is 23.2 Å². The molecule has 0 N–H and O–H groups in total. The number of hydrogen-bond donors (Lipinski definition) is 0. The zero-order valence-corrected chi connectivity index (χ0v) is 8.73. The smallest absolute Gasteiger partial charge is 0.0638 e. The van der Waals surface area contributed by atoms with Gasteiger partial charge in [0.15, 0.2) is 0 Å². The Bertz CT molecular complexity index is 196. The van der Waals surface area contributed by atoms with Gasteiger partial charge in [-0.2, -0.15) is 5.26 Å². The van der Waals surface area contributed by atoms with E-state index in [1.807, 2.05) is 18.9 Å². The highest BCUT2D eigenvalue weighted by atomic mass is 35.5. The van der Waals surface area contributed by atoms with Crippen LogP contribution in [0.5, 0.6) is 0 Å². The second-order valence-corrected chi connectivity index (χ2v) is 3.39. The molecule has 2 nitrogen and oxygen atoms in total. The molecule has 0 rings (SSSR count). The standard InChI is InChI=1S/C8H12Cl2N2/c1-7(3-4-11)12(2)6-8(10)5-9/h5,7H,3,6H2,1-2H3. The van der Waals surface area contributed by atoms with Crippen molar-refractivity contribution < 1.29 is 0 Å². The van der Waals surface area contributed by atoms with E-state index in [1.54, 1.807) is 0 Å². The molecule has 0 aromatic rings. The van der Waals surface area contributed by atoms with Crippen LogP contribution < -0.4 is 0 Å². The Morgan fingerprint density at radius 2 is 2.33 bits per heavy atom. The first-order chi connectivity index (χ1) is 5.61. The highest BCUT2D eigenvalue weighted by molar-refractivity contribution is 6.36. The molecule has 0 heterocycles. The maximum absolute atomic E-state index is 8.43. The number of rotatable bonds is 4. The molecule has 0 fully saturated rings. The van der Waals surface area contributed by atoms with Gasteiger partial charge in [0.2, 0.25) is 0 Å². The summed E-state index contributed by atoms with van der Waals surface area (Å²) >= 11 is 11.1. The normalized spacial score (nSPS) is 14.5. The number of halogens is 2. The van der Waals surface area contributed by atoms with Crippen LogP contribution in [-0.2, 0) is 0 Å². The van der Waals surface area contributed by atoms with Gasteiger partial charge in [0.25, 0.3) is 0 Å². The van der Waals surface area contributed by atoms with Crippen molar-refractivity contribution in [1.29, 1.82) is 5.26 Å². The van der Waals surface area contributed by atoms with Crippen molar-refractivity contribution in [2.24, 2.45) is 0 Å². The van der Waals surface area contributed by atoms with E-state index in [4.69, 9.17) is 28.5 Å². The SMILES string of the molecule is CC(CC#N)N(C)CC(Cl)=CCl. The quantitative estimate of drug-likeness (QED) is 0.708. The molecule has 0 amide bonds. The van der Waals surface area contributed by atoms with Crippen molar-refractivity contribution >= 4 is 23.2 Å². The summed E-state index contributed by atoms with van der Waals surface area (Å²) in [6.07, 6.45) is 0.503. The minimum absolute atomic E-state index is 0.209. The zero-order valence-electron chi connectivity index (χ0n) is 7.22. The van der Waals surface area contributed by atoms with Crippen LogP contribution in [-0.4, -0.2) is 24.5 Å². The lowest BCUT2D eigenvalue weighted by molar-refractivity contribution is 0.286. The summed E-state index contributed by atoms with van der Waals surface area (Å²) in [6.45, 7) is 2.57. The van der Waals surface area contributed by atoms with Gasteiger partial charge in [-0.3, -0.25) is 4.90 Å². The van der Waals surface area contributed by atoms with Gasteiger partial charge in [0.1, 0.15) is 0 Å². The Morgan fingerprint density at radius 1 is 1.75 bits per heavy atom. The Hall–Kier alpha value is -0.230. The van der Waals surface area contributed by atoms with Crippen LogP contribution in [0.15, 0.2) is 10.6 Å². The molecule has 0 saturated heterocycles. The van der Waals surface area contributed by atoms with E-state index >= 15 is 0 Å². The number of nitriles is 1. The average Bonchev–Trinajstić information content (AvgIpc) is 2.04. The van der Waals surface area contributed by atoms with Gasteiger partial charge in [-0.1, -0.05) is 23.2 Å². The Balaban J connectivity index is 3.88. The third-order valence-electron chi connectivity index (χ3n) is 1.66. The molecule has 1 atom stereocenters. The minimum atomic E-state index is 0.209. The topological polar surface area (TPSA) is 27.0 Å². The molecule has 4 heteroatoms. The van der Waals surface area contributed by atoms with Crippen molar-refractivity contribution in [2.45, 2.75) is 19.4 Å². The van der Waals surface area contributed by atoms with Crippen molar-refractivity contribution in [1.82, 2.24) is 4.90 Å². The molecular weight excluding hydrogens is 195 g/mol. The monoisotopic (exact) mass is 206 g/mol. The third kappa shape index (κ3) is 4.61. The summed E-state index contributed by atoms with van der Waals surface area (Å²) in [5.41, 5.74) is 1.34. The molecule has 68 valence electrons. The lowest BCUT2D eigenvalue weighted by Crippen LogP contribution is -2.29. The van der Waals surface area contributed by atoms with E-state index < -0.39 is 0 Å². The zero-order chi connectivity index (χ0) is 9.56. The summed E-state index contributed by atoms with van der Waals surface area (Å²) in [6, 6.07) is 2.31. The van der Waals surface area contributed by atoms with Crippen molar-refractivity contribution in [3.8, 4) is 6.07 Å². The maximum Gasteiger partial charge on any atom is 0.0638 e. The Labute approximate surface area is 83.4 Å². The lowest BCUT2D eigenvalue weighted by Gasteiger charge is -2.21. The lowest BCUT2D eigenvalue weighted by atomic mass is 10.2. The Morgan fingerprint density at radius 3 is 2.75 bits per heavy atom. The molecule has 0 aliphatic rings.